The van der Waals surface area contributed by atoms with Crippen LogP contribution in [0, 0.1) is 17.2 Å². The number of fused-ring (bicyclic) bond motifs is 3. The molecule has 0 spiro atoms. The van der Waals surface area contributed by atoms with Crippen LogP contribution in [0.2, 0.25) is 0 Å². The van der Waals surface area contributed by atoms with Crippen molar-refractivity contribution in [3.63, 3.8) is 0 Å². The fourth-order valence-electron chi connectivity index (χ4n) is 7.65. The Hall–Kier alpha value is -4.63. The van der Waals surface area contributed by atoms with Gasteiger partial charge in [0.05, 0.1) is 18.0 Å². The maximum absolute atomic E-state index is 13.4. The van der Waals surface area contributed by atoms with Crippen LogP contribution in [0.4, 0.5) is 0 Å². The summed E-state index contributed by atoms with van der Waals surface area (Å²) < 4.78 is 0. The molecule has 2 saturated carbocycles. The van der Waals surface area contributed by atoms with Gasteiger partial charge in [0.25, 0.3) is 11.8 Å². The van der Waals surface area contributed by atoms with Gasteiger partial charge in [-0.1, -0.05) is 12.1 Å². The lowest BCUT2D eigenvalue weighted by Gasteiger charge is -2.38. The number of aryl methyl sites for hydroxylation is 2. The minimum atomic E-state index is -0.857. The lowest BCUT2D eigenvalue weighted by molar-refractivity contribution is -0.131. The Morgan fingerprint density at radius 3 is 2.16 bits per heavy atom. The molecule has 44 heavy (non-hydrogen) atoms. The number of carbonyl (C=O) groups is 3. The second-order valence-corrected chi connectivity index (χ2v) is 12.6. The van der Waals surface area contributed by atoms with Crippen LogP contribution in [-0.4, -0.2) is 81.5 Å². The number of rotatable bonds is 8. The molecule has 2 aromatic carbocycles. The summed E-state index contributed by atoms with van der Waals surface area (Å²) in [5.74, 6) is 0.649. The zero-order valence-corrected chi connectivity index (χ0v) is 24.8. The monoisotopic (exact) mass is 593 g/mol. The first-order valence-electron chi connectivity index (χ1n) is 15.2. The van der Waals surface area contributed by atoms with Gasteiger partial charge in [-0.05, 0) is 108 Å². The molecule has 3 aliphatic carbocycles. The van der Waals surface area contributed by atoms with Crippen LogP contribution < -0.4 is 16.0 Å². The molecule has 0 bridgehead atoms. The molecule has 3 atom stereocenters. The molecule has 12 nitrogen and oxygen atoms in total. The molecular weight excluding hydrogens is 558 g/mol. The molecule has 1 saturated heterocycles. The van der Waals surface area contributed by atoms with Gasteiger partial charge in [0.2, 0.25) is 5.91 Å². The number of likely N-dealkylation sites (tertiary alicyclic amines) is 1. The summed E-state index contributed by atoms with van der Waals surface area (Å²) >= 11 is 0. The number of aromatic amines is 1. The molecule has 3 fully saturated rings. The average Bonchev–Trinajstić information content (AvgIpc) is 3.90. The summed E-state index contributed by atoms with van der Waals surface area (Å²) in [6.07, 6.45) is 5.32. The smallest absolute Gasteiger partial charge is 0.251 e. The van der Waals surface area contributed by atoms with Crippen molar-refractivity contribution in [2.45, 2.75) is 68.0 Å². The average molecular weight is 594 g/mol. The van der Waals surface area contributed by atoms with E-state index in [0.29, 0.717) is 42.1 Å². The van der Waals surface area contributed by atoms with Gasteiger partial charge < -0.3 is 20.9 Å². The molecule has 3 amide bonds. The first-order valence-corrected chi connectivity index (χ1v) is 15.2. The van der Waals surface area contributed by atoms with E-state index >= 15 is 0 Å². The van der Waals surface area contributed by atoms with Gasteiger partial charge in [-0.25, -0.2) is 5.10 Å². The van der Waals surface area contributed by atoms with Crippen LogP contribution in [-0.2, 0) is 23.1 Å². The molecule has 2 heterocycles. The van der Waals surface area contributed by atoms with Gasteiger partial charge in [-0.3, -0.25) is 14.4 Å². The first kappa shape index (κ1) is 28.2. The topological polar surface area (TPSA) is 169 Å². The zero-order valence-electron chi connectivity index (χ0n) is 24.8. The van der Waals surface area contributed by atoms with Crippen molar-refractivity contribution in [1.29, 1.82) is 5.26 Å². The summed E-state index contributed by atoms with van der Waals surface area (Å²) in [6.45, 7) is 0.150. The van der Waals surface area contributed by atoms with Crippen LogP contribution in [0.3, 0.4) is 0 Å². The number of benzene rings is 2. The van der Waals surface area contributed by atoms with Crippen molar-refractivity contribution in [3.8, 4) is 6.07 Å². The number of nitrogens with zero attached hydrogens (tertiary/aromatic N) is 5. The number of H-pyrrole nitrogens is 1. The highest BCUT2D eigenvalue weighted by Crippen LogP contribution is 2.54. The van der Waals surface area contributed by atoms with E-state index in [0.717, 1.165) is 47.9 Å². The number of hydrogen-bond acceptors (Lipinski definition) is 8. The molecule has 4 N–H and O–H groups in total. The standard InChI is InChI=1S/C32H35N9O3/c1-34-28(43)20-5-7-24-18(11-20)3-4-19-12-21(29(44)35-2)6-8-25(19)32(24,30-37-39-40-38-30)17-31(9-10-31)36-16-27(42)41-23(15-33)13-22-14-26(22)41/h5-8,11-12,22-23,26,36H,3-4,9-10,13-14,16-17H2,1-2H3,(H,34,43)(H,35,44)(H,37,38,39,40)/t22-,23+,26+/m1/s1. The van der Waals surface area contributed by atoms with Crippen LogP contribution in [0.1, 0.15) is 80.9 Å². The summed E-state index contributed by atoms with van der Waals surface area (Å²) in [6, 6.07) is 13.7. The maximum atomic E-state index is 13.4. The van der Waals surface area contributed by atoms with E-state index in [1.807, 2.05) is 36.4 Å². The van der Waals surface area contributed by atoms with E-state index in [1.54, 1.807) is 19.0 Å². The molecule has 7 rings (SSSR count). The van der Waals surface area contributed by atoms with E-state index in [4.69, 9.17) is 0 Å². The highest BCUT2D eigenvalue weighted by atomic mass is 16.2. The van der Waals surface area contributed by atoms with Crippen molar-refractivity contribution in [3.05, 3.63) is 75.6 Å². The van der Waals surface area contributed by atoms with Crippen molar-refractivity contribution in [1.82, 2.24) is 41.5 Å². The van der Waals surface area contributed by atoms with Crippen molar-refractivity contribution >= 4 is 17.7 Å². The van der Waals surface area contributed by atoms with Crippen molar-refractivity contribution < 1.29 is 14.4 Å². The highest BCUT2D eigenvalue weighted by Gasteiger charge is 2.56. The Bertz CT molecular complexity index is 1620. The summed E-state index contributed by atoms with van der Waals surface area (Å²) in [7, 11) is 3.23. The summed E-state index contributed by atoms with van der Waals surface area (Å²) in [5, 5.41) is 34.2. The van der Waals surface area contributed by atoms with E-state index in [-0.39, 0.29) is 41.9 Å². The second-order valence-electron chi connectivity index (χ2n) is 12.6. The molecule has 4 aliphatic rings. The third-order valence-corrected chi connectivity index (χ3v) is 10.1. The number of aromatic nitrogens is 4. The lowest BCUT2D eigenvalue weighted by atomic mass is 9.67. The Morgan fingerprint density at radius 2 is 1.64 bits per heavy atom. The number of carbonyl (C=O) groups excluding carboxylic acids is 3. The van der Waals surface area contributed by atoms with Gasteiger partial charge in [-0.15, -0.1) is 5.10 Å². The van der Waals surface area contributed by atoms with Crippen LogP contribution in [0.25, 0.3) is 0 Å². The van der Waals surface area contributed by atoms with Gasteiger partial charge >= 0.3 is 0 Å². The van der Waals surface area contributed by atoms with E-state index < -0.39 is 5.41 Å². The fourth-order valence-corrected chi connectivity index (χ4v) is 7.65. The number of amides is 3. The maximum Gasteiger partial charge on any atom is 0.251 e. The van der Waals surface area contributed by atoms with Gasteiger partial charge in [0, 0.05) is 36.8 Å². The normalized spacial score (nSPS) is 23.3. The van der Waals surface area contributed by atoms with E-state index in [2.05, 4.69) is 42.6 Å². The number of piperidine rings is 1. The van der Waals surface area contributed by atoms with Crippen LogP contribution >= 0.6 is 0 Å². The molecule has 0 radical (unpaired) electrons. The molecular formula is C32H35N9O3. The summed E-state index contributed by atoms with van der Waals surface area (Å²) in [5.41, 5.74) is 3.86. The molecule has 226 valence electrons. The number of hydrogen-bond donors (Lipinski definition) is 4. The summed E-state index contributed by atoms with van der Waals surface area (Å²) in [4.78, 5) is 40.5. The van der Waals surface area contributed by atoms with Crippen LogP contribution in [0.15, 0.2) is 36.4 Å². The van der Waals surface area contributed by atoms with Gasteiger partial charge in [0.15, 0.2) is 5.82 Å². The van der Waals surface area contributed by atoms with E-state index in [1.165, 1.54) is 0 Å². The lowest BCUT2D eigenvalue weighted by Crippen LogP contribution is -2.48. The van der Waals surface area contributed by atoms with Crippen molar-refractivity contribution in [2.24, 2.45) is 5.92 Å². The van der Waals surface area contributed by atoms with Crippen LogP contribution in [0.5, 0.6) is 0 Å². The molecule has 0 unspecified atom stereocenters. The SMILES string of the molecule is CNC(=O)c1ccc2c(c1)CCc1cc(C(=O)NC)ccc1C2(CC1(NCC(=O)N2[C@H](C#N)C[C@@H]3C[C@@H]32)CC1)c1nnn[nH]1. The third-order valence-electron chi connectivity index (χ3n) is 10.1. The molecule has 1 aromatic heterocycles. The molecule has 1 aliphatic heterocycles. The predicted octanol–water partition coefficient (Wildman–Crippen LogP) is 1.38. The largest absolute Gasteiger partial charge is 0.355 e. The van der Waals surface area contributed by atoms with E-state index in [9.17, 15) is 19.6 Å². The predicted molar refractivity (Wildman–Crippen MR) is 158 cm³/mol. The highest BCUT2D eigenvalue weighted by molar-refractivity contribution is 5.95. The Labute approximate surface area is 255 Å². The molecule has 12 heteroatoms. The number of nitrogens with one attached hydrogen (secondary N) is 4. The van der Waals surface area contributed by atoms with Crippen molar-refractivity contribution in [2.75, 3.05) is 20.6 Å². The van der Waals surface area contributed by atoms with Gasteiger partial charge in [0.1, 0.15) is 6.04 Å². The Kier molecular flexibility index (Phi) is 6.73. The fraction of sp³-hybridized carbons (Fsp3) is 0.469. The minimum Gasteiger partial charge on any atom is -0.355 e. The quantitative estimate of drug-likeness (QED) is 0.304. The third kappa shape index (κ3) is 4.54. The Morgan fingerprint density at radius 1 is 1.00 bits per heavy atom. The number of nitriles is 1. The zero-order chi connectivity index (χ0) is 30.6. The minimum absolute atomic E-state index is 0.0321. The van der Waals surface area contributed by atoms with Gasteiger partial charge in [-0.2, -0.15) is 5.26 Å². The second kappa shape index (κ2) is 10.5. The Balaban J connectivity index is 1.31. The molecule has 3 aromatic rings. The number of tetrazole rings is 1. The first-order chi connectivity index (χ1) is 21.3.